The van der Waals surface area contributed by atoms with Crippen molar-refractivity contribution in [3.63, 3.8) is 0 Å². The van der Waals surface area contributed by atoms with Crippen molar-refractivity contribution in [2.24, 2.45) is 0 Å². The summed E-state index contributed by atoms with van der Waals surface area (Å²) in [6.45, 7) is 6.57. The molecule has 4 nitrogen and oxygen atoms in total. The van der Waals surface area contributed by atoms with Gasteiger partial charge in [-0.25, -0.2) is 0 Å². The molecular weight excluding hydrogens is 470 g/mol. The van der Waals surface area contributed by atoms with E-state index in [0.717, 1.165) is 22.1 Å². The number of carbonyl (C=O) groups excluding carboxylic acids is 1. The number of hydrogen-bond donors (Lipinski definition) is 0. The molecule has 1 aliphatic rings. The van der Waals surface area contributed by atoms with Crippen molar-refractivity contribution >= 4 is 61.9 Å². The minimum absolute atomic E-state index is 0.0986. The van der Waals surface area contributed by atoms with Crippen LogP contribution in [0.3, 0.4) is 0 Å². The summed E-state index contributed by atoms with van der Waals surface area (Å²) in [6, 6.07) is 13.2. The molecule has 0 N–H and O–H groups in total. The average Bonchev–Trinajstić information content (AvgIpc) is 2.97. The Balaban J connectivity index is 1.88. The molecule has 2 aromatic rings. The number of nitrogens with zero attached hydrogens (tertiary/aromatic N) is 1. The van der Waals surface area contributed by atoms with Gasteiger partial charge >= 0.3 is 0 Å². The Morgan fingerprint density at radius 2 is 2.00 bits per heavy atom. The molecular formula is C22H22BrNO3S2. The van der Waals surface area contributed by atoms with Gasteiger partial charge in [0, 0.05) is 4.47 Å². The lowest BCUT2D eigenvalue weighted by Crippen LogP contribution is -2.27. The van der Waals surface area contributed by atoms with Gasteiger partial charge in [0.15, 0.2) is 15.8 Å². The summed E-state index contributed by atoms with van der Waals surface area (Å²) in [5, 5.41) is 0. The van der Waals surface area contributed by atoms with Crippen LogP contribution >= 0.6 is 39.9 Å². The summed E-state index contributed by atoms with van der Waals surface area (Å²) in [7, 11) is 0. The number of amides is 1. The fraction of sp³-hybridized carbons (Fsp3) is 0.273. The van der Waals surface area contributed by atoms with Gasteiger partial charge in [0.25, 0.3) is 5.91 Å². The van der Waals surface area contributed by atoms with Crippen molar-refractivity contribution in [3.05, 3.63) is 57.4 Å². The second-order valence-corrected chi connectivity index (χ2v) is 9.06. The maximum absolute atomic E-state index is 13.0. The number of thiocarbonyl (C=S) groups is 1. The van der Waals surface area contributed by atoms with Crippen LogP contribution in [0, 0.1) is 0 Å². The van der Waals surface area contributed by atoms with E-state index in [4.69, 9.17) is 21.7 Å². The van der Waals surface area contributed by atoms with Gasteiger partial charge < -0.3 is 9.47 Å². The van der Waals surface area contributed by atoms with Gasteiger partial charge in [0.05, 0.1) is 23.3 Å². The van der Waals surface area contributed by atoms with Gasteiger partial charge in [-0.1, -0.05) is 59.0 Å². The first kappa shape index (κ1) is 21.9. The SMILES string of the molecule is CCOc1cc(/C=C2/SC(=S)N(c3cccc(Br)c3)C2=O)ccc1O[C@@H](C)CC. The topological polar surface area (TPSA) is 38.8 Å². The minimum atomic E-state index is -0.129. The highest BCUT2D eigenvalue weighted by Crippen LogP contribution is 2.38. The lowest BCUT2D eigenvalue weighted by atomic mass is 10.1. The Labute approximate surface area is 189 Å². The maximum atomic E-state index is 13.0. The van der Waals surface area contributed by atoms with E-state index >= 15 is 0 Å². The van der Waals surface area contributed by atoms with E-state index in [1.807, 2.05) is 62.4 Å². The van der Waals surface area contributed by atoms with E-state index in [1.54, 1.807) is 4.90 Å². The lowest BCUT2D eigenvalue weighted by molar-refractivity contribution is -0.113. The lowest BCUT2D eigenvalue weighted by Gasteiger charge is -2.16. The van der Waals surface area contributed by atoms with Gasteiger partial charge in [-0.3, -0.25) is 9.69 Å². The molecule has 152 valence electrons. The number of benzene rings is 2. The van der Waals surface area contributed by atoms with Crippen molar-refractivity contribution in [2.45, 2.75) is 33.3 Å². The first-order valence-corrected chi connectivity index (χ1v) is 11.4. The average molecular weight is 492 g/mol. The molecule has 7 heteroatoms. The van der Waals surface area contributed by atoms with Crippen LogP contribution in [0.2, 0.25) is 0 Å². The van der Waals surface area contributed by atoms with Crippen LogP contribution in [0.25, 0.3) is 6.08 Å². The first-order chi connectivity index (χ1) is 13.9. The molecule has 1 atom stereocenters. The van der Waals surface area contributed by atoms with Gasteiger partial charge in [-0.2, -0.15) is 0 Å². The third-order valence-electron chi connectivity index (χ3n) is 4.33. The summed E-state index contributed by atoms with van der Waals surface area (Å²) < 4.78 is 13.1. The van der Waals surface area contributed by atoms with E-state index < -0.39 is 0 Å². The number of thioether (sulfide) groups is 1. The molecule has 1 saturated heterocycles. The van der Waals surface area contributed by atoms with E-state index in [1.165, 1.54) is 11.8 Å². The summed E-state index contributed by atoms with van der Waals surface area (Å²) >= 11 is 10.2. The Kier molecular flexibility index (Phi) is 7.38. The highest BCUT2D eigenvalue weighted by atomic mass is 79.9. The number of anilines is 1. The Hall–Kier alpha value is -1.83. The van der Waals surface area contributed by atoms with Crippen LogP contribution in [0.1, 0.15) is 32.8 Å². The predicted molar refractivity (Wildman–Crippen MR) is 128 cm³/mol. The van der Waals surface area contributed by atoms with Crippen LogP contribution in [0.15, 0.2) is 51.8 Å². The van der Waals surface area contributed by atoms with Crippen molar-refractivity contribution in [1.82, 2.24) is 0 Å². The van der Waals surface area contributed by atoms with E-state index in [9.17, 15) is 4.79 Å². The molecule has 1 heterocycles. The summed E-state index contributed by atoms with van der Waals surface area (Å²) in [6.07, 6.45) is 2.85. The zero-order valence-electron chi connectivity index (χ0n) is 16.5. The molecule has 0 aromatic heterocycles. The van der Waals surface area contributed by atoms with Crippen molar-refractivity contribution in [2.75, 3.05) is 11.5 Å². The molecule has 0 saturated carbocycles. The van der Waals surface area contributed by atoms with Crippen molar-refractivity contribution in [3.8, 4) is 11.5 Å². The number of ether oxygens (including phenoxy) is 2. The summed E-state index contributed by atoms with van der Waals surface area (Å²) in [4.78, 5) is 15.1. The molecule has 0 spiro atoms. The molecule has 1 fully saturated rings. The molecule has 0 unspecified atom stereocenters. The standard InChI is InChI=1S/C22H22BrNO3S2/c1-4-14(3)27-18-10-9-15(11-19(18)26-5-2)12-20-21(25)24(22(28)29-20)17-8-6-7-16(23)13-17/h6-14H,4-5H2,1-3H3/b20-12+/t14-/m0/s1. The van der Waals surface area contributed by atoms with Crippen LogP contribution < -0.4 is 14.4 Å². The number of halogens is 1. The largest absolute Gasteiger partial charge is 0.490 e. The Morgan fingerprint density at radius 1 is 1.21 bits per heavy atom. The molecule has 1 aliphatic heterocycles. The fourth-order valence-electron chi connectivity index (χ4n) is 2.74. The van der Waals surface area contributed by atoms with Crippen LogP contribution in [-0.2, 0) is 4.79 Å². The highest BCUT2D eigenvalue weighted by molar-refractivity contribution is 9.10. The quantitative estimate of drug-likeness (QED) is 0.329. The molecule has 0 aliphatic carbocycles. The van der Waals surface area contributed by atoms with E-state index in [0.29, 0.717) is 27.3 Å². The Morgan fingerprint density at radius 3 is 2.69 bits per heavy atom. The second-order valence-electron chi connectivity index (χ2n) is 6.47. The van der Waals surface area contributed by atoms with E-state index in [2.05, 4.69) is 22.9 Å². The second kappa shape index (κ2) is 9.78. The molecule has 1 amide bonds. The molecule has 3 rings (SSSR count). The van der Waals surface area contributed by atoms with Gasteiger partial charge in [0.2, 0.25) is 0 Å². The number of carbonyl (C=O) groups is 1. The zero-order chi connectivity index (χ0) is 21.0. The minimum Gasteiger partial charge on any atom is -0.490 e. The predicted octanol–water partition coefficient (Wildman–Crippen LogP) is 6.43. The van der Waals surface area contributed by atoms with Gasteiger partial charge in [-0.15, -0.1) is 0 Å². The summed E-state index contributed by atoms with van der Waals surface area (Å²) in [5.74, 6) is 1.25. The smallest absolute Gasteiger partial charge is 0.270 e. The van der Waals surface area contributed by atoms with Gasteiger partial charge in [0.1, 0.15) is 0 Å². The van der Waals surface area contributed by atoms with Gasteiger partial charge in [-0.05, 0) is 62.2 Å². The normalized spacial score (nSPS) is 16.4. The first-order valence-electron chi connectivity index (χ1n) is 9.40. The van der Waals surface area contributed by atoms with Crippen LogP contribution in [0.4, 0.5) is 5.69 Å². The highest BCUT2D eigenvalue weighted by Gasteiger charge is 2.33. The fourth-order valence-corrected chi connectivity index (χ4v) is 4.42. The zero-order valence-corrected chi connectivity index (χ0v) is 19.7. The third-order valence-corrected chi connectivity index (χ3v) is 6.12. The number of hydrogen-bond acceptors (Lipinski definition) is 5. The molecule has 2 aromatic carbocycles. The monoisotopic (exact) mass is 491 g/mol. The van der Waals surface area contributed by atoms with Crippen LogP contribution in [0.5, 0.6) is 11.5 Å². The van der Waals surface area contributed by atoms with Crippen LogP contribution in [-0.4, -0.2) is 22.9 Å². The number of rotatable bonds is 7. The third kappa shape index (κ3) is 5.21. The summed E-state index contributed by atoms with van der Waals surface area (Å²) in [5.41, 5.74) is 1.61. The molecule has 0 bridgehead atoms. The molecule has 29 heavy (non-hydrogen) atoms. The van der Waals surface area contributed by atoms with Crippen molar-refractivity contribution < 1.29 is 14.3 Å². The Bertz CT molecular complexity index is 961. The van der Waals surface area contributed by atoms with Crippen molar-refractivity contribution in [1.29, 1.82) is 0 Å². The molecule has 0 radical (unpaired) electrons. The maximum Gasteiger partial charge on any atom is 0.270 e. The van der Waals surface area contributed by atoms with E-state index in [-0.39, 0.29) is 12.0 Å².